The predicted molar refractivity (Wildman–Crippen MR) is 16.3 cm³/mol. The normalized spacial score (nSPS) is 0. The summed E-state index contributed by atoms with van der Waals surface area (Å²) in [5.41, 5.74) is 0. The summed E-state index contributed by atoms with van der Waals surface area (Å²) in [6, 6.07) is 0. The van der Waals surface area contributed by atoms with E-state index in [1.807, 2.05) is 0 Å². The summed E-state index contributed by atoms with van der Waals surface area (Å²) in [6.07, 6.45) is 0. The van der Waals surface area contributed by atoms with Crippen molar-refractivity contribution in [2.45, 2.75) is 0 Å². The molecule has 0 atom stereocenters. The standard InChI is InChI=1S/2Al.2Co.7O.2Zn/q2*+3;2*+2;7*-2;2*+2. The van der Waals surface area contributed by atoms with Crippen LogP contribution in [0.25, 0.3) is 0 Å². The fourth-order valence-corrected chi connectivity index (χ4v) is 0. The van der Waals surface area contributed by atoms with Crippen LogP contribution >= 0.6 is 0 Å². The zero-order valence-electron chi connectivity index (χ0n) is 6.09. The largest absolute Gasteiger partial charge is 3.00 e. The summed E-state index contributed by atoms with van der Waals surface area (Å²) in [5, 5.41) is 0. The molecule has 13 heteroatoms. The van der Waals surface area contributed by atoms with Crippen molar-refractivity contribution >= 4 is 34.7 Å². The average molecular weight is 415 g/mol. The Kier molecular flexibility index (Phi) is 9650. The van der Waals surface area contributed by atoms with Gasteiger partial charge in [-0.05, 0) is 0 Å². The van der Waals surface area contributed by atoms with E-state index in [4.69, 9.17) is 0 Å². The smallest absolute Gasteiger partial charge is 2.00 e. The third kappa shape index (κ3) is 276. The Hall–Kier alpha value is 3.04. The van der Waals surface area contributed by atoms with Gasteiger partial charge in [0, 0.05) is 0 Å². The van der Waals surface area contributed by atoms with E-state index in [1.54, 1.807) is 0 Å². The minimum Gasteiger partial charge on any atom is -2.00 e. The Labute approximate surface area is 144 Å². The van der Waals surface area contributed by atoms with E-state index < -0.39 is 0 Å². The van der Waals surface area contributed by atoms with Crippen LogP contribution in [0.1, 0.15) is 0 Å². The first-order valence-electron chi connectivity index (χ1n) is 0. The van der Waals surface area contributed by atoms with Gasteiger partial charge in [-0.2, -0.15) is 0 Å². The summed E-state index contributed by atoms with van der Waals surface area (Å²) >= 11 is 0. The monoisotopic (exact) mass is 412 g/mol. The molecule has 0 aliphatic carbocycles. The molecule has 0 aromatic rings. The summed E-state index contributed by atoms with van der Waals surface area (Å²) < 4.78 is 0. The summed E-state index contributed by atoms with van der Waals surface area (Å²) in [4.78, 5) is 0. The molecule has 0 aliphatic rings. The second-order valence-corrected chi connectivity index (χ2v) is 0. The predicted octanol–water partition coefficient (Wildman–Crippen LogP) is -1.60. The fraction of sp³-hybridized carbons (Fsp3) is 0. The molecule has 0 unspecified atom stereocenters. The first kappa shape index (κ1) is 392. The van der Waals surface area contributed by atoms with Crippen molar-refractivity contribution in [3.05, 3.63) is 0 Å². The topological polar surface area (TPSA) is 200 Å². The van der Waals surface area contributed by atoms with Gasteiger partial charge in [-0.3, -0.25) is 0 Å². The Morgan fingerprint density at radius 2 is 0.308 bits per heavy atom. The summed E-state index contributed by atoms with van der Waals surface area (Å²) in [6.45, 7) is 0. The van der Waals surface area contributed by atoms with Gasteiger partial charge in [0.15, 0.2) is 0 Å². The number of hydrogen-bond acceptors (Lipinski definition) is 0. The molecule has 13 heavy (non-hydrogen) atoms. The maximum atomic E-state index is 0. The van der Waals surface area contributed by atoms with Crippen LogP contribution in [0.3, 0.4) is 0 Å². The van der Waals surface area contributed by atoms with Crippen LogP contribution in [0.2, 0.25) is 0 Å². The van der Waals surface area contributed by atoms with E-state index in [2.05, 4.69) is 0 Å². The molecule has 0 saturated carbocycles. The maximum absolute atomic E-state index is 0. The van der Waals surface area contributed by atoms with Crippen molar-refractivity contribution in [2.24, 2.45) is 0 Å². The SMILES string of the molecule is [Al+3].[Al+3].[Co+2].[Co+2].[O-2].[O-2].[O-2].[O-2].[O-2].[O-2].[O-2].[Zn+2].[Zn+2]. The summed E-state index contributed by atoms with van der Waals surface area (Å²) in [5.74, 6) is 0. The number of rotatable bonds is 0. The zero-order chi connectivity index (χ0) is 0. The van der Waals surface area contributed by atoms with Crippen LogP contribution in [-0.4, -0.2) is 34.7 Å². The molecule has 0 fully saturated rings. The third-order valence-corrected chi connectivity index (χ3v) is 0. The van der Waals surface area contributed by atoms with Gasteiger partial charge in [-0.25, -0.2) is 0 Å². The quantitative estimate of drug-likeness (QED) is 0.411. The van der Waals surface area contributed by atoms with Gasteiger partial charge >= 0.3 is 107 Å². The molecule has 0 spiro atoms. The van der Waals surface area contributed by atoms with Gasteiger partial charge in [0.2, 0.25) is 0 Å². The van der Waals surface area contributed by atoms with E-state index >= 15 is 0 Å². The molecule has 7 nitrogen and oxygen atoms in total. The number of hydrogen-bond donors (Lipinski definition) is 0. The van der Waals surface area contributed by atoms with Crippen molar-refractivity contribution < 1.29 is 111 Å². The van der Waals surface area contributed by atoms with Crippen LogP contribution in [0.5, 0.6) is 0 Å². The molecule has 0 N–H and O–H groups in total. The molecule has 0 amide bonds. The second kappa shape index (κ2) is 320. The first-order valence-corrected chi connectivity index (χ1v) is 0. The van der Waals surface area contributed by atoms with Crippen molar-refractivity contribution in [1.82, 2.24) is 0 Å². The molecular weight excluding hydrogens is 415 g/mol. The van der Waals surface area contributed by atoms with E-state index in [-0.39, 0.29) is 146 Å². The van der Waals surface area contributed by atoms with E-state index in [1.165, 1.54) is 0 Å². The minimum atomic E-state index is 0. The van der Waals surface area contributed by atoms with Crippen LogP contribution < -0.4 is 0 Å². The van der Waals surface area contributed by atoms with Gasteiger partial charge in [0.1, 0.15) is 0 Å². The Morgan fingerprint density at radius 3 is 0.308 bits per heavy atom. The zero-order valence-corrected chi connectivity index (χ0v) is 16.4. The van der Waals surface area contributed by atoms with Crippen molar-refractivity contribution in [2.75, 3.05) is 0 Å². The molecule has 0 aliphatic heterocycles. The van der Waals surface area contributed by atoms with Crippen LogP contribution in [0.15, 0.2) is 0 Å². The Balaban J connectivity index is 0. The average Bonchev–Trinajstić information content (AvgIpc) is 0. The van der Waals surface area contributed by atoms with Crippen molar-refractivity contribution in [3.63, 3.8) is 0 Å². The van der Waals surface area contributed by atoms with Crippen LogP contribution in [0.4, 0.5) is 0 Å². The molecule has 2 radical (unpaired) electrons. The molecule has 0 heterocycles. The van der Waals surface area contributed by atoms with Gasteiger partial charge in [-0.15, -0.1) is 0 Å². The third-order valence-electron chi connectivity index (χ3n) is 0. The van der Waals surface area contributed by atoms with E-state index in [9.17, 15) is 0 Å². The van der Waals surface area contributed by atoms with E-state index in [0.29, 0.717) is 0 Å². The fourth-order valence-electron chi connectivity index (χ4n) is 0. The van der Waals surface area contributed by atoms with Crippen LogP contribution in [0, 0.1) is 0 Å². The van der Waals surface area contributed by atoms with Gasteiger partial charge in [-0.1, -0.05) is 0 Å². The van der Waals surface area contributed by atoms with Crippen molar-refractivity contribution in [3.8, 4) is 0 Å². The molecule has 0 saturated heterocycles. The van der Waals surface area contributed by atoms with Gasteiger partial charge in [0.05, 0.1) is 0 Å². The Bertz CT molecular complexity index is 22.5. The Morgan fingerprint density at radius 1 is 0.308 bits per heavy atom. The minimum absolute atomic E-state index is 0. The van der Waals surface area contributed by atoms with Crippen molar-refractivity contribution in [1.29, 1.82) is 0 Å². The second-order valence-electron chi connectivity index (χ2n) is 0. The molecule has 0 bridgehead atoms. The van der Waals surface area contributed by atoms with Crippen LogP contribution in [-0.2, 0) is 111 Å². The summed E-state index contributed by atoms with van der Waals surface area (Å²) in [7, 11) is 0. The molecule has 0 aromatic heterocycles. The maximum Gasteiger partial charge on any atom is 3.00 e. The first-order chi connectivity index (χ1) is 0. The molecule has 70 valence electrons. The van der Waals surface area contributed by atoms with E-state index in [0.717, 1.165) is 0 Å². The van der Waals surface area contributed by atoms with Gasteiger partial charge < -0.3 is 38.3 Å². The van der Waals surface area contributed by atoms with Gasteiger partial charge in [0.25, 0.3) is 0 Å². The molecule has 0 aromatic carbocycles. The molecular formula is Al2Co2O7Zn2. The molecule has 0 rings (SSSR count).